The SMILES string of the molecule is N#Cc1ccc(C(F)(F)F)nc1N(CCO)Cc1cccnc1. The van der Waals surface area contributed by atoms with Crippen LogP contribution in [0.1, 0.15) is 16.8 Å². The third-order valence-electron chi connectivity index (χ3n) is 3.05. The summed E-state index contributed by atoms with van der Waals surface area (Å²) in [5, 5.41) is 18.3. The maximum absolute atomic E-state index is 12.9. The predicted octanol–water partition coefficient (Wildman–Crippen LogP) is 2.37. The molecule has 0 aliphatic carbocycles. The molecule has 2 rings (SSSR count). The average Bonchev–Trinajstić information content (AvgIpc) is 2.54. The number of hydrogen-bond donors (Lipinski definition) is 1. The van der Waals surface area contributed by atoms with Crippen LogP contribution in [0.15, 0.2) is 36.7 Å². The molecule has 23 heavy (non-hydrogen) atoms. The zero-order valence-electron chi connectivity index (χ0n) is 12.0. The maximum atomic E-state index is 12.9. The number of aliphatic hydroxyl groups is 1. The number of nitriles is 1. The Morgan fingerprint density at radius 3 is 2.61 bits per heavy atom. The first-order valence-electron chi connectivity index (χ1n) is 6.68. The van der Waals surface area contributed by atoms with Crippen molar-refractivity contribution in [1.82, 2.24) is 9.97 Å². The van der Waals surface area contributed by atoms with Crippen LogP contribution >= 0.6 is 0 Å². The van der Waals surface area contributed by atoms with Gasteiger partial charge in [0.1, 0.15) is 17.6 Å². The van der Waals surface area contributed by atoms with E-state index in [1.807, 2.05) is 6.07 Å². The first-order chi connectivity index (χ1) is 11.0. The van der Waals surface area contributed by atoms with Crippen LogP contribution in [0, 0.1) is 11.3 Å². The van der Waals surface area contributed by atoms with Crippen molar-refractivity contribution in [3.63, 3.8) is 0 Å². The van der Waals surface area contributed by atoms with Gasteiger partial charge >= 0.3 is 6.18 Å². The molecule has 2 heterocycles. The van der Waals surface area contributed by atoms with E-state index in [-0.39, 0.29) is 31.1 Å². The summed E-state index contributed by atoms with van der Waals surface area (Å²) in [5.41, 5.74) is -0.347. The second-order valence-corrected chi connectivity index (χ2v) is 4.68. The van der Waals surface area contributed by atoms with Gasteiger partial charge in [-0.25, -0.2) is 4.98 Å². The lowest BCUT2D eigenvalue weighted by molar-refractivity contribution is -0.141. The second-order valence-electron chi connectivity index (χ2n) is 4.68. The minimum Gasteiger partial charge on any atom is -0.395 e. The summed E-state index contributed by atoms with van der Waals surface area (Å²) < 4.78 is 38.6. The molecule has 8 heteroatoms. The first-order valence-corrected chi connectivity index (χ1v) is 6.68. The van der Waals surface area contributed by atoms with Gasteiger partial charge in [0.15, 0.2) is 0 Å². The smallest absolute Gasteiger partial charge is 0.395 e. The number of halogens is 3. The molecule has 0 aliphatic rings. The van der Waals surface area contributed by atoms with Gasteiger partial charge in [0.05, 0.1) is 12.2 Å². The van der Waals surface area contributed by atoms with E-state index in [0.717, 1.165) is 17.7 Å². The topological polar surface area (TPSA) is 73.0 Å². The Morgan fingerprint density at radius 2 is 2.04 bits per heavy atom. The molecule has 0 atom stereocenters. The van der Waals surface area contributed by atoms with E-state index in [4.69, 9.17) is 5.26 Å². The van der Waals surface area contributed by atoms with Gasteiger partial charge in [-0.05, 0) is 23.8 Å². The lowest BCUT2D eigenvalue weighted by Crippen LogP contribution is -2.28. The Balaban J connectivity index is 2.43. The number of aromatic nitrogens is 2. The normalized spacial score (nSPS) is 11.1. The van der Waals surface area contributed by atoms with Crippen molar-refractivity contribution in [2.75, 3.05) is 18.1 Å². The Hall–Kier alpha value is -2.66. The van der Waals surface area contributed by atoms with Crippen molar-refractivity contribution in [1.29, 1.82) is 5.26 Å². The molecule has 0 saturated carbocycles. The molecule has 120 valence electrons. The largest absolute Gasteiger partial charge is 0.433 e. The molecule has 0 aromatic carbocycles. The van der Waals surface area contributed by atoms with Crippen LogP contribution < -0.4 is 4.90 Å². The molecule has 1 N–H and O–H groups in total. The van der Waals surface area contributed by atoms with Crippen LogP contribution in [0.5, 0.6) is 0 Å². The highest BCUT2D eigenvalue weighted by atomic mass is 19.4. The molecule has 2 aromatic rings. The van der Waals surface area contributed by atoms with E-state index in [1.165, 1.54) is 4.90 Å². The van der Waals surface area contributed by atoms with Crippen molar-refractivity contribution >= 4 is 5.82 Å². The number of hydrogen-bond acceptors (Lipinski definition) is 5. The fourth-order valence-electron chi connectivity index (χ4n) is 2.03. The molecule has 0 bridgehead atoms. The van der Waals surface area contributed by atoms with Crippen LogP contribution in [0.4, 0.5) is 19.0 Å². The quantitative estimate of drug-likeness (QED) is 0.915. The van der Waals surface area contributed by atoms with Crippen molar-refractivity contribution in [2.24, 2.45) is 0 Å². The van der Waals surface area contributed by atoms with E-state index in [9.17, 15) is 18.3 Å². The summed E-state index contributed by atoms with van der Waals surface area (Å²) in [6.45, 7) is -0.0711. The number of pyridine rings is 2. The van der Waals surface area contributed by atoms with Gasteiger partial charge in [0, 0.05) is 25.5 Å². The van der Waals surface area contributed by atoms with Gasteiger partial charge in [-0.2, -0.15) is 18.4 Å². The van der Waals surface area contributed by atoms with Gasteiger partial charge < -0.3 is 10.0 Å². The maximum Gasteiger partial charge on any atom is 0.433 e. The Kier molecular flexibility index (Phi) is 5.13. The molecule has 5 nitrogen and oxygen atoms in total. The fraction of sp³-hybridized carbons (Fsp3) is 0.267. The molecule has 0 saturated heterocycles. The summed E-state index contributed by atoms with van der Waals surface area (Å²) in [4.78, 5) is 8.93. The minimum atomic E-state index is -4.61. The highest BCUT2D eigenvalue weighted by Crippen LogP contribution is 2.30. The molecule has 0 aliphatic heterocycles. The van der Waals surface area contributed by atoms with E-state index in [1.54, 1.807) is 24.5 Å². The van der Waals surface area contributed by atoms with Gasteiger partial charge in [-0.15, -0.1) is 0 Å². The molecular weight excluding hydrogens is 309 g/mol. The second kappa shape index (κ2) is 7.07. The monoisotopic (exact) mass is 322 g/mol. The fourth-order valence-corrected chi connectivity index (χ4v) is 2.03. The van der Waals surface area contributed by atoms with Crippen LogP contribution in [-0.4, -0.2) is 28.2 Å². The summed E-state index contributed by atoms with van der Waals surface area (Å²) in [7, 11) is 0. The third kappa shape index (κ3) is 4.17. The Morgan fingerprint density at radius 1 is 1.26 bits per heavy atom. The Labute approximate surface area is 130 Å². The van der Waals surface area contributed by atoms with E-state index >= 15 is 0 Å². The molecule has 0 spiro atoms. The zero-order valence-corrected chi connectivity index (χ0v) is 12.0. The third-order valence-corrected chi connectivity index (χ3v) is 3.05. The number of rotatable bonds is 5. The average molecular weight is 322 g/mol. The molecule has 2 aromatic heterocycles. The van der Waals surface area contributed by atoms with Gasteiger partial charge in [0.2, 0.25) is 0 Å². The summed E-state index contributed by atoms with van der Waals surface area (Å²) in [6, 6.07) is 7.12. The molecule has 0 radical (unpaired) electrons. The van der Waals surface area contributed by atoms with Crippen LogP contribution in [-0.2, 0) is 12.7 Å². The number of aliphatic hydroxyl groups excluding tert-OH is 1. The van der Waals surface area contributed by atoms with Gasteiger partial charge in [-0.3, -0.25) is 4.98 Å². The van der Waals surface area contributed by atoms with E-state index < -0.39 is 11.9 Å². The number of alkyl halides is 3. The van der Waals surface area contributed by atoms with Crippen molar-refractivity contribution in [3.05, 3.63) is 53.5 Å². The molecule has 0 unspecified atom stereocenters. The van der Waals surface area contributed by atoms with E-state index in [0.29, 0.717) is 0 Å². The number of anilines is 1. The minimum absolute atomic E-state index is 0.00957. The molecular formula is C15H13F3N4O. The molecule has 0 amide bonds. The highest BCUT2D eigenvalue weighted by molar-refractivity contribution is 5.55. The number of nitrogens with zero attached hydrogens (tertiary/aromatic N) is 4. The summed E-state index contributed by atoms with van der Waals surface area (Å²) >= 11 is 0. The van der Waals surface area contributed by atoms with Crippen LogP contribution in [0.3, 0.4) is 0 Å². The highest BCUT2D eigenvalue weighted by Gasteiger charge is 2.33. The van der Waals surface area contributed by atoms with Crippen molar-refractivity contribution in [2.45, 2.75) is 12.7 Å². The lowest BCUT2D eigenvalue weighted by Gasteiger charge is -2.24. The summed E-state index contributed by atoms with van der Waals surface area (Å²) in [6.07, 6.45) is -1.48. The Bertz CT molecular complexity index is 698. The lowest BCUT2D eigenvalue weighted by atomic mass is 10.2. The zero-order chi connectivity index (χ0) is 16.9. The van der Waals surface area contributed by atoms with Gasteiger partial charge in [-0.1, -0.05) is 6.07 Å². The van der Waals surface area contributed by atoms with Crippen LogP contribution in [0.2, 0.25) is 0 Å². The predicted molar refractivity (Wildman–Crippen MR) is 76.3 cm³/mol. The van der Waals surface area contributed by atoms with Gasteiger partial charge in [0.25, 0.3) is 0 Å². The standard InChI is InChI=1S/C15H13F3N4O/c16-15(17,18)13-4-3-12(8-19)14(21-13)22(6-7-23)10-11-2-1-5-20-9-11/h1-5,9,23H,6-7,10H2. The molecule has 0 fully saturated rings. The van der Waals surface area contributed by atoms with Crippen molar-refractivity contribution < 1.29 is 18.3 Å². The van der Waals surface area contributed by atoms with E-state index in [2.05, 4.69) is 9.97 Å². The van der Waals surface area contributed by atoms with Crippen LogP contribution in [0.25, 0.3) is 0 Å². The van der Waals surface area contributed by atoms with Crippen molar-refractivity contribution in [3.8, 4) is 6.07 Å². The summed E-state index contributed by atoms with van der Waals surface area (Å²) in [5.74, 6) is -0.111. The first kappa shape index (κ1) is 16.7.